The first-order valence-electron chi connectivity index (χ1n) is 9.25. The molecule has 0 bridgehead atoms. The largest absolute Gasteiger partial charge is 0.478 e. The van der Waals surface area contributed by atoms with Gasteiger partial charge in [0.1, 0.15) is 5.76 Å². The Labute approximate surface area is 159 Å². The molecule has 4 nitrogen and oxygen atoms in total. The molecule has 1 aliphatic heterocycles. The molecule has 5 heteroatoms. The molecule has 0 radical (unpaired) electrons. The van der Waals surface area contributed by atoms with Gasteiger partial charge in [-0.3, -0.25) is 4.79 Å². The molecule has 2 aliphatic rings. The first-order chi connectivity index (χ1) is 12.9. The van der Waals surface area contributed by atoms with Gasteiger partial charge in [0.15, 0.2) is 15.4 Å². The van der Waals surface area contributed by atoms with Gasteiger partial charge in [0, 0.05) is 11.8 Å². The van der Waals surface area contributed by atoms with E-state index in [1.807, 2.05) is 30.3 Å². The minimum Gasteiger partial charge on any atom is -0.478 e. The van der Waals surface area contributed by atoms with Gasteiger partial charge >= 0.3 is 0 Å². The van der Waals surface area contributed by atoms with Crippen LogP contribution in [0.4, 0.5) is 0 Å². The zero-order valence-corrected chi connectivity index (χ0v) is 16.1. The quantitative estimate of drug-likeness (QED) is 0.796. The number of ether oxygens (including phenoxy) is 1. The number of rotatable bonds is 3. The van der Waals surface area contributed by atoms with Gasteiger partial charge in [0.2, 0.25) is 5.78 Å². The van der Waals surface area contributed by atoms with Crippen molar-refractivity contribution in [1.29, 1.82) is 0 Å². The summed E-state index contributed by atoms with van der Waals surface area (Å²) in [7, 11) is -3.27. The fourth-order valence-electron chi connectivity index (χ4n) is 4.00. The van der Waals surface area contributed by atoms with Crippen LogP contribution in [-0.2, 0) is 19.4 Å². The van der Waals surface area contributed by atoms with E-state index in [9.17, 15) is 13.2 Å². The maximum absolute atomic E-state index is 13.4. The van der Waals surface area contributed by atoms with Gasteiger partial charge in [-0.1, -0.05) is 36.8 Å². The monoisotopic (exact) mass is 382 g/mol. The highest BCUT2D eigenvalue weighted by atomic mass is 32.2. The van der Waals surface area contributed by atoms with E-state index >= 15 is 0 Å². The summed E-state index contributed by atoms with van der Waals surface area (Å²) in [6.45, 7) is 0. The molecule has 2 aromatic carbocycles. The molecular weight excluding hydrogens is 360 g/mol. The Kier molecular flexibility index (Phi) is 4.42. The lowest BCUT2D eigenvalue weighted by Gasteiger charge is -2.32. The molecule has 140 valence electrons. The highest BCUT2D eigenvalue weighted by Gasteiger charge is 2.50. The van der Waals surface area contributed by atoms with E-state index in [2.05, 4.69) is 0 Å². The normalized spacial score (nSPS) is 19.4. The third-order valence-corrected chi connectivity index (χ3v) is 6.56. The lowest BCUT2D eigenvalue weighted by Crippen LogP contribution is -2.39. The number of ketones is 1. The second kappa shape index (κ2) is 6.64. The first kappa shape index (κ1) is 18.0. The maximum Gasteiger partial charge on any atom is 0.210 e. The van der Waals surface area contributed by atoms with Gasteiger partial charge in [0.05, 0.1) is 10.5 Å². The summed E-state index contributed by atoms with van der Waals surface area (Å²) in [5.41, 5.74) is 1.41. The minimum atomic E-state index is -3.27. The molecule has 27 heavy (non-hydrogen) atoms. The third-order valence-electron chi connectivity index (χ3n) is 5.43. The van der Waals surface area contributed by atoms with Gasteiger partial charge in [-0.25, -0.2) is 8.42 Å². The number of hydrogen-bond acceptors (Lipinski definition) is 4. The van der Waals surface area contributed by atoms with E-state index in [-0.39, 0.29) is 10.7 Å². The van der Waals surface area contributed by atoms with Crippen LogP contribution in [0.3, 0.4) is 0 Å². The van der Waals surface area contributed by atoms with Crippen LogP contribution in [0.15, 0.2) is 59.5 Å². The Morgan fingerprint density at radius 2 is 1.48 bits per heavy atom. The van der Waals surface area contributed by atoms with E-state index in [1.165, 1.54) is 6.26 Å². The summed E-state index contributed by atoms with van der Waals surface area (Å²) < 4.78 is 29.9. The van der Waals surface area contributed by atoms with Crippen LogP contribution >= 0.6 is 0 Å². The van der Waals surface area contributed by atoms with Crippen LogP contribution in [0.1, 0.15) is 43.2 Å². The zero-order valence-electron chi connectivity index (χ0n) is 15.3. The Morgan fingerprint density at radius 3 is 2.07 bits per heavy atom. The highest BCUT2D eigenvalue weighted by molar-refractivity contribution is 7.90. The molecule has 2 aromatic rings. The average molecular weight is 382 g/mol. The van der Waals surface area contributed by atoms with Gasteiger partial charge < -0.3 is 4.74 Å². The molecule has 1 aliphatic carbocycles. The molecule has 1 fully saturated rings. The van der Waals surface area contributed by atoms with E-state index in [0.717, 1.165) is 43.2 Å². The lowest BCUT2D eigenvalue weighted by atomic mass is 9.79. The topological polar surface area (TPSA) is 60.4 Å². The van der Waals surface area contributed by atoms with Gasteiger partial charge in [-0.05, 0) is 55.5 Å². The van der Waals surface area contributed by atoms with Gasteiger partial charge in [0.25, 0.3) is 0 Å². The van der Waals surface area contributed by atoms with Crippen molar-refractivity contribution in [3.8, 4) is 0 Å². The van der Waals surface area contributed by atoms with Crippen molar-refractivity contribution >= 4 is 27.0 Å². The maximum atomic E-state index is 13.4. The number of benzene rings is 2. The van der Waals surface area contributed by atoms with Crippen LogP contribution in [0, 0.1) is 0 Å². The third kappa shape index (κ3) is 3.21. The molecule has 1 spiro atoms. The molecule has 4 rings (SSSR count). The summed E-state index contributed by atoms with van der Waals surface area (Å²) in [5, 5.41) is 0. The Bertz CT molecular complexity index is 996. The molecule has 0 N–H and O–H groups in total. The Morgan fingerprint density at radius 1 is 0.852 bits per heavy atom. The van der Waals surface area contributed by atoms with Crippen LogP contribution in [0.25, 0.3) is 11.3 Å². The molecule has 0 saturated heterocycles. The van der Waals surface area contributed by atoms with Crippen LogP contribution < -0.4 is 0 Å². The van der Waals surface area contributed by atoms with Crippen molar-refractivity contribution in [2.24, 2.45) is 0 Å². The van der Waals surface area contributed by atoms with E-state index in [0.29, 0.717) is 11.3 Å². The van der Waals surface area contributed by atoms with Crippen LogP contribution in [0.2, 0.25) is 0 Å². The molecule has 1 heterocycles. The molecule has 0 unspecified atom stereocenters. The van der Waals surface area contributed by atoms with Crippen molar-refractivity contribution in [1.82, 2.24) is 0 Å². The molecule has 0 aromatic heterocycles. The summed E-state index contributed by atoms with van der Waals surface area (Å²) in [4.78, 5) is 13.7. The Hall–Kier alpha value is -2.40. The SMILES string of the molecule is CS(=O)(=O)c1ccc(C2=C(c3ccccc3)C(=O)C3(CCCCC3)O2)cc1. The average Bonchev–Trinajstić information content (AvgIpc) is 2.95. The van der Waals surface area contributed by atoms with E-state index in [1.54, 1.807) is 24.3 Å². The van der Waals surface area contributed by atoms with E-state index in [4.69, 9.17) is 4.74 Å². The molecule has 1 saturated carbocycles. The second-order valence-electron chi connectivity index (χ2n) is 7.35. The number of carbonyl (C=O) groups excluding carboxylic acids is 1. The minimum absolute atomic E-state index is 0.0515. The second-order valence-corrected chi connectivity index (χ2v) is 9.37. The number of hydrogen-bond donors (Lipinski definition) is 0. The predicted octanol–water partition coefficient (Wildman–Crippen LogP) is 4.26. The molecule has 0 atom stereocenters. The highest BCUT2D eigenvalue weighted by Crippen LogP contribution is 2.47. The van der Waals surface area contributed by atoms with Crippen molar-refractivity contribution in [2.75, 3.05) is 6.26 Å². The number of sulfone groups is 1. The standard InChI is InChI=1S/C22H22O4S/c1-27(24,25)18-12-10-17(11-13-18)20-19(16-8-4-2-5-9-16)21(23)22(26-20)14-6-3-7-15-22/h2,4-5,8-13H,3,6-7,14-15H2,1H3. The van der Waals surface area contributed by atoms with E-state index < -0.39 is 15.4 Å². The number of carbonyl (C=O) groups is 1. The fraction of sp³-hybridized carbons (Fsp3) is 0.318. The van der Waals surface area contributed by atoms with Crippen molar-refractivity contribution in [2.45, 2.75) is 42.6 Å². The number of Topliss-reactive ketones (excluding diaryl/α,β-unsaturated/α-hetero) is 1. The molecular formula is C22H22O4S. The van der Waals surface area contributed by atoms with Crippen LogP contribution in [0.5, 0.6) is 0 Å². The summed E-state index contributed by atoms with van der Waals surface area (Å²) in [6.07, 6.45) is 5.73. The predicted molar refractivity (Wildman–Crippen MR) is 105 cm³/mol. The summed E-state index contributed by atoms with van der Waals surface area (Å²) >= 11 is 0. The van der Waals surface area contributed by atoms with Crippen LogP contribution in [-0.4, -0.2) is 26.1 Å². The lowest BCUT2D eigenvalue weighted by molar-refractivity contribution is -0.130. The van der Waals surface area contributed by atoms with Gasteiger partial charge in [-0.15, -0.1) is 0 Å². The van der Waals surface area contributed by atoms with Crippen molar-refractivity contribution in [3.63, 3.8) is 0 Å². The Balaban J connectivity index is 1.83. The summed E-state index contributed by atoms with van der Waals surface area (Å²) in [6, 6.07) is 16.2. The van der Waals surface area contributed by atoms with Crippen molar-refractivity contribution in [3.05, 3.63) is 65.7 Å². The van der Waals surface area contributed by atoms with Crippen molar-refractivity contribution < 1.29 is 17.9 Å². The zero-order chi connectivity index (χ0) is 19.1. The molecule has 0 amide bonds. The summed E-state index contributed by atoms with van der Waals surface area (Å²) in [5.74, 6) is 0.615. The van der Waals surface area contributed by atoms with Gasteiger partial charge in [-0.2, -0.15) is 0 Å². The first-order valence-corrected chi connectivity index (χ1v) is 11.1. The fourth-order valence-corrected chi connectivity index (χ4v) is 4.63. The smallest absolute Gasteiger partial charge is 0.210 e.